The van der Waals surface area contributed by atoms with E-state index >= 15 is 0 Å². The first-order valence-electron chi connectivity index (χ1n) is 6.53. The summed E-state index contributed by atoms with van der Waals surface area (Å²) in [6, 6.07) is 5.32. The maximum Gasteiger partial charge on any atom is 0.311 e. The zero-order valence-electron chi connectivity index (χ0n) is 12.0. The minimum Gasteiger partial charge on any atom is -0.493 e. The molecule has 0 spiro atoms. The molecule has 1 aromatic carbocycles. The first-order valence-corrected chi connectivity index (χ1v) is 6.53. The lowest BCUT2D eigenvalue weighted by atomic mass is 9.82. The lowest BCUT2D eigenvalue weighted by Crippen LogP contribution is -2.20. The van der Waals surface area contributed by atoms with Crippen molar-refractivity contribution in [3.05, 3.63) is 23.8 Å². The molecule has 0 aliphatic heterocycles. The number of benzene rings is 1. The van der Waals surface area contributed by atoms with Gasteiger partial charge in [-0.1, -0.05) is 32.8 Å². The van der Waals surface area contributed by atoms with Crippen LogP contribution >= 0.6 is 0 Å². The number of hydrogen-bond donors (Lipinski definition) is 1. The minimum atomic E-state index is -0.791. The van der Waals surface area contributed by atoms with E-state index in [1.807, 2.05) is 13.8 Å². The van der Waals surface area contributed by atoms with Crippen LogP contribution in [0.3, 0.4) is 0 Å². The Hall–Kier alpha value is -1.71. The molecule has 0 saturated carbocycles. The number of methoxy groups -OCH3 is 2. The smallest absolute Gasteiger partial charge is 0.311 e. The molecule has 0 bridgehead atoms. The van der Waals surface area contributed by atoms with Crippen LogP contribution in [0.4, 0.5) is 0 Å². The minimum absolute atomic E-state index is 0.121. The second-order valence-electron chi connectivity index (χ2n) is 4.51. The van der Waals surface area contributed by atoms with Crippen molar-refractivity contribution in [2.75, 3.05) is 14.2 Å². The molecule has 0 aliphatic carbocycles. The molecule has 0 heterocycles. The molecule has 4 nitrogen and oxygen atoms in total. The van der Waals surface area contributed by atoms with Gasteiger partial charge in [-0.05, 0) is 23.6 Å². The van der Waals surface area contributed by atoms with Crippen LogP contribution in [0.25, 0.3) is 0 Å². The van der Waals surface area contributed by atoms with Crippen LogP contribution in [0.1, 0.15) is 38.2 Å². The molecule has 0 aliphatic rings. The zero-order valence-corrected chi connectivity index (χ0v) is 12.0. The van der Waals surface area contributed by atoms with Gasteiger partial charge in [-0.2, -0.15) is 0 Å². The molecular formula is C15H22O4. The van der Waals surface area contributed by atoms with E-state index in [0.717, 1.165) is 18.4 Å². The van der Waals surface area contributed by atoms with Crippen LogP contribution in [0.15, 0.2) is 18.2 Å². The summed E-state index contributed by atoms with van der Waals surface area (Å²) in [6.07, 6.45) is 1.67. The number of hydrogen-bond acceptors (Lipinski definition) is 3. The molecule has 0 saturated heterocycles. The number of ether oxygens (including phenoxy) is 2. The average molecular weight is 266 g/mol. The maximum atomic E-state index is 11.5. The van der Waals surface area contributed by atoms with E-state index < -0.39 is 11.9 Å². The van der Waals surface area contributed by atoms with Gasteiger partial charge in [0.25, 0.3) is 0 Å². The largest absolute Gasteiger partial charge is 0.493 e. The summed E-state index contributed by atoms with van der Waals surface area (Å²) in [7, 11) is 3.11. The molecule has 1 unspecified atom stereocenters. The number of rotatable bonds is 7. The highest BCUT2D eigenvalue weighted by molar-refractivity contribution is 5.77. The molecular weight excluding hydrogens is 244 g/mol. The summed E-state index contributed by atoms with van der Waals surface area (Å²) < 4.78 is 10.4. The lowest BCUT2D eigenvalue weighted by molar-refractivity contribution is -0.140. The molecule has 106 valence electrons. The van der Waals surface area contributed by atoms with Crippen molar-refractivity contribution < 1.29 is 19.4 Å². The van der Waals surface area contributed by atoms with Gasteiger partial charge in [0.15, 0.2) is 11.5 Å². The predicted molar refractivity (Wildman–Crippen MR) is 74.0 cm³/mol. The molecule has 4 heteroatoms. The molecule has 0 radical (unpaired) electrons. The normalized spacial score (nSPS) is 12.3. The van der Waals surface area contributed by atoms with Crippen molar-refractivity contribution in [2.24, 2.45) is 5.92 Å². The Bertz CT molecular complexity index is 424. The van der Waals surface area contributed by atoms with Crippen molar-refractivity contribution >= 4 is 5.97 Å². The fraction of sp³-hybridized carbons (Fsp3) is 0.533. The maximum absolute atomic E-state index is 11.5. The first-order chi connectivity index (χ1) is 9.08. The third kappa shape index (κ3) is 3.40. The van der Waals surface area contributed by atoms with E-state index in [1.165, 1.54) is 0 Å². The number of aliphatic carboxylic acids is 1. The van der Waals surface area contributed by atoms with Gasteiger partial charge in [0.1, 0.15) is 0 Å². The fourth-order valence-electron chi connectivity index (χ4n) is 2.42. The van der Waals surface area contributed by atoms with Gasteiger partial charge in [-0.25, -0.2) is 0 Å². The van der Waals surface area contributed by atoms with E-state index in [9.17, 15) is 9.90 Å². The summed E-state index contributed by atoms with van der Waals surface area (Å²) in [4.78, 5) is 11.5. The van der Waals surface area contributed by atoms with E-state index in [-0.39, 0.29) is 5.92 Å². The summed E-state index contributed by atoms with van der Waals surface area (Å²) in [6.45, 7) is 4.04. The van der Waals surface area contributed by atoms with Gasteiger partial charge in [-0.15, -0.1) is 0 Å². The fourth-order valence-corrected chi connectivity index (χ4v) is 2.42. The van der Waals surface area contributed by atoms with Crippen LogP contribution in [0.5, 0.6) is 11.5 Å². The highest BCUT2D eigenvalue weighted by Gasteiger charge is 2.28. The zero-order chi connectivity index (χ0) is 14.4. The van der Waals surface area contributed by atoms with Crippen LogP contribution in [0.2, 0.25) is 0 Å². The molecule has 1 aromatic rings. The first kappa shape index (κ1) is 15.3. The second kappa shape index (κ2) is 7.02. The number of carbonyl (C=O) groups is 1. The van der Waals surface area contributed by atoms with Crippen molar-refractivity contribution in [1.82, 2.24) is 0 Å². The topological polar surface area (TPSA) is 55.8 Å². The van der Waals surface area contributed by atoms with Crippen molar-refractivity contribution in [3.8, 4) is 11.5 Å². The highest BCUT2D eigenvalue weighted by atomic mass is 16.5. The van der Waals surface area contributed by atoms with Gasteiger partial charge < -0.3 is 14.6 Å². The van der Waals surface area contributed by atoms with E-state index in [1.54, 1.807) is 32.4 Å². The Morgan fingerprint density at radius 2 is 1.74 bits per heavy atom. The Morgan fingerprint density at radius 1 is 1.16 bits per heavy atom. The van der Waals surface area contributed by atoms with Gasteiger partial charge >= 0.3 is 5.97 Å². The van der Waals surface area contributed by atoms with Crippen molar-refractivity contribution in [2.45, 2.75) is 32.6 Å². The Labute approximate surface area is 114 Å². The Morgan fingerprint density at radius 3 is 2.16 bits per heavy atom. The van der Waals surface area contributed by atoms with Gasteiger partial charge in [-0.3, -0.25) is 4.79 Å². The molecule has 0 aromatic heterocycles. The molecule has 1 rings (SSSR count). The third-order valence-corrected chi connectivity index (χ3v) is 3.55. The third-order valence-electron chi connectivity index (χ3n) is 3.55. The average Bonchev–Trinajstić information content (AvgIpc) is 2.43. The summed E-state index contributed by atoms with van der Waals surface area (Å²) in [5.74, 6) is 0.00321. The van der Waals surface area contributed by atoms with Crippen molar-refractivity contribution in [1.29, 1.82) is 0 Å². The van der Waals surface area contributed by atoms with Crippen LogP contribution < -0.4 is 9.47 Å². The Balaban J connectivity index is 3.20. The van der Waals surface area contributed by atoms with Gasteiger partial charge in [0.05, 0.1) is 20.1 Å². The van der Waals surface area contributed by atoms with Crippen molar-refractivity contribution in [3.63, 3.8) is 0 Å². The monoisotopic (exact) mass is 266 g/mol. The SMILES string of the molecule is CCC(CC)C(C(=O)O)c1ccc(OC)c(OC)c1. The van der Waals surface area contributed by atoms with E-state index in [4.69, 9.17) is 9.47 Å². The van der Waals surface area contributed by atoms with Crippen LogP contribution in [0, 0.1) is 5.92 Å². The summed E-state index contributed by atoms with van der Waals surface area (Å²) >= 11 is 0. The molecule has 1 N–H and O–H groups in total. The Kier molecular flexibility index (Phi) is 5.67. The summed E-state index contributed by atoms with van der Waals surface area (Å²) in [5, 5.41) is 9.48. The van der Waals surface area contributed by atoms with E-state index in [2.05, 4.69) is 0 Å². The second-order valence-corrected chi connectivity index (χ2v) is 4.51. The molecule has 0 amide bonds. The van der Waals surface area contributed by atoms with Gasteiger partial charge in [0, 0.05) is 0 Å². The highest BCUT2D eigenvalue weighted by Crippen LogP contribution is 2.35. The molecule has 0 fully saturated rings. The predicted octanol–water partition coefficient (Wildman–Crippen LogP) is 3.31. The van der Waals surface area contributed by atoms with Crippen LogP contribution in [-0.2, 0) is 4.79 Å². The number of carboxylic acid groups (broad SMARTS) is 1. The number of carboxylic acids is 1. The van der Waals surface area contributed by atoms with Gasteiger partial charge in [0.2, 0.25) is 0 Å². The summed E-state index contributed by atoms with van der Waals surface area (Å²) in [5.41, 5.74) is 0.763. The molecule has 1 atom stereocenters. The quantitative estimate of drug-likeness (QED) is 0.822. The van der Waals surface area contributed by atoms with Crippen LogP contribution in [-0.4, -0.2) is 25.3 Å². The molecule has 19 heavy (non-hydrogen) atoms. The van der Waals surface area contributed by atoms with E-state index in [0.29, 0.717) is 11.5 Å². The lowest BCUT2D eigenvalue weighted by Gasteiger charge is -2.22. The standard InChI is InChI=1S/C15H22O4/c1-5-10(6-2)14(15(16)17)11-7-8-12(18-3)13(9-11)19-4/h7-10,14H,5-6H2,1-4H3,(H,16,17).